The lowest BCUT2D eigenvalue weighted by Gasteiger charge is -2.36. The Morgan fingerprint density at radius 3 is 2.50 bits per heavy atom. The predicted octanol–water partition coefficient (Wildman–Crippen LogP) is 2.66. The van der Waals surface area contributed by atoms with E-state index in [-0.39, 0.29) is 36.5 Å². The van der Waals surface area contributed by atoms with Crippen LogP contribution in [0.3, 0.4) is 0 Å². The summed E-state index contributed by atoms with van der Waals surface area (Å²) in [5.41, 5.74) is 1.36. The van der Waals surface area contributed by atoms with Crippen LogP contribution in [-0.4, -0.2) is 58.7 Å². The van der Waals surface area contributed by atoms with Gasteiger partial charge in [0.25, 0.3) is 0 Å². The Kier molecular flexibility index (Phi) is 9.66. The lowest BCUT2D eigenvalue weighted by atomic mass is 10.1. The van der Waals surface area contributed by atoms with E-state index in [0.717, 1.165) is 5.56 Å². The first-order chi connectivity index (χ1) is 12.5. The number of nitrogens with zero attached hydrogens (tertiary/aromatic N) is 4. The number of hydrogen-bond donors (Lipinski definition) is 1. The van der Waals surface area contributed by atoms with Gasteiger partial charge in [0.2, 0.25) is 5.91 Å². The van der Waals surface area contributed by atoms with E-state index < -0.39 is 6.04 Å². The fourth-order valence-electron chi connectivity index (χ4n) is 3.24. The van der Waals surface area contributed by atoms with Gasteiger partial charge in [-0.25, -0.2) is 4.39 Å². The van der Waals surface area contributed by atoms with E-state index in [2.05, 4.69) is 15.3 Å². The Morgan fingerprint density at radius 1 is 1.29 bits per heavy atom. The molecule has 1 fully saturated rings. The third-order valence-corrected chi connectivity index (χ3v) is 5.08. The van der Waals surface area contributed by atoms with E-state index in [1.54, 1.807) is 30.1 Å². The molecule has 0 radical (unpaired) electrons. The molecule has 1 saturated heterocycles. The highest BCUT2D eigenvalue weighted by Gasteiger charge is 2.28. The van der Waals surface area contributed by atoms with Crippen LogP contribution in [0.25, 0.3) is 0 Å². The van der Waals surface area contributed by atoms with Crippen molar-refractivity contribution < 1.29 is 9.18 Å². The first-order valence-electron chi connectivity index (χ1n) is 8.59. The monoisotopic (exact) mass is 451 g/mol. The van der Waals surface area contributed by atoms with E-state index in [1.807, 2.05) is 18.1 Å². The van der Waals surface area contributed by atoms with Crippen molar-refractivity contribution in [2.24, 2.45) is 7.05 Å². The molecule has 6 nitrogen and oxygen atoms in total. The van der Waals surface area contributed by atoms with Gasteiger partial charge in [-0.3, -0.25) is 14.4 Å². The molecule has 0 saturated carbocycles. The Labute approximate surface area is 181 Å². The number of piperazine rings is 1. The molecule has 0 spiro atoms. The van der Waals surface area contributed by atoms with Gasteiger partial charge in [-0.2, -0.15) is 5.10 Å². The van der Waals surface area contributed by atoms with Crippen LogP contribution < -0.4 is 5.32 Å². The normalized spacial score (nSPS) is 15.5. The van der Waals surface area contributed by atoms with Gasteiger partial charge in [-0.15, -0.1) is 24.8 Å². The first-order valence-corrected chi connectivity index (χ1v) is 8.97. The highest BCUT2D eigenvalue weighted by atomic mass is 35.5. The molecule has 28 heavy (non-hydrogen) atoms. The molecule has 1 aromatic heterocycles. The number of carbonyl (C=O) groups excluding carboxylic acids is 1. The minimum atomic E-state index is -0.406. The van der Waals surface area contributed by atoms with Gasteiger partial charge in [-0.05, 0) is 19.2 Å². The number of nitrogens with one attached hydrogen (secondary N) is 1. The zero-order valence-electron chi connectivity index (χ0n) is 15.8. The maximum atomic E-state index is 14.0. The molecule has 156 valence electrons. The van der Waals surface area contributed by atoms with E-state index >= 15 is 0 Å². The number of benzene rings is 1. The summed E-state index contributed by atoms with van der Waals surface area (Å²) in [5, 5.41) is 7.65. The van der Waals surface area contributed by atoms with Crippen molar-refractivity contribution in [3.8, 4) is 0 Å². The Morgan fingerprint density at radius 2 is 1.96 bits per heavy atom. The number of aryl methyl sites for hydroxylation is 1. The third-order valence-electron chi connectivity index (χ3n) is 4.72. The van der Waals surface area contributed by atoms with Crippen molar-refractivity contribution in [3.05, 3.63) is 52.6 Å². The number of aromatic nitrogens is 2. The summed E-state index contributed by atoms with van der Waals surface area (Å²) in [6.45, 7) is 3.01. The number of rotatable bonds is 5. The standard InChI is InChI=1S/C18H23ClFN5O.2ClH/c1-21-17(13-10-22-23(2)11-13)18(26)25-8-6-24(7-9-25)12-14-15(19)4-3-5-16(14)20;;/h3-5,10-11,17,21H,6-9,12H2,1-2H3;2*1H. The summed E-state index contributed by atoms with van der Waals surface area (Å²) >= 11 is 6.11. The Hall–Kier alpha value is -1.38. The van der Waals surface area contributed by atoms with Crippen LogP contribution in [0, 0.1) is 5.82 Å². The lowest BCUT2D eigenvalue weighted by Crippen LogP contribution is -2.51. The largest absolute Gasteiger partial charge is 0.338 e. The molecular formula is C18H25Cl3FN5O. The van der Waals surface area contributed by atoms with E-state index in [9.17, 15) is 9.18 Å². The van der Waals surface area contributed by atoms with Gasteiger partial charge in [0.1, 0.15) is 11.9 Å². The van der Waals surface area contributed by atoms with Gasteiger partial charge >= 0.3 is 0 Å². The SMILES string of the molecule is CNC(C(=O)N1CCN(Cc2c(F)cccc2Cl)CC1)c1cnn(C)c1.Cl.Cl. The van der Waals surface area contributed by atoms with Crippen LogP contribution >= 0.6 is 36.4 Å². The fourth-order valence-corrected chi connectivity index (χ4v) is 3.46. The molecule has 1 aliphatic heterocycles. The van der Waals surface area contributed by atoms with E-state index in [4.69, 9.17) is 11.6 Å². The first kappa shape index (κ1) is 24.7. The van der Waals surface area contributed by atoms with Gasteiger partial charge in [-0.1, -0.05) is 17.7 Å². The van der Waals surface area contributed by atoms with Gasteiger partial charge in [0, 0.05) is 62.1 Å². The molecule has 0 bridgehead atoms. The third kappa shape index (κ3) is 5.58. The number of carbonyl (C=O) groups is 1. The smallest absolute Gasteiger partial charge is 0.244 e. The topological polar surface area (TPSA) is 53.4 Å². The second-order valence-corrected chi connectivity index (χ2v) is 6.88. The van der Waals surface area contributed by atoms with Crippen molar-refractivity contribution >= 4 is 42.3 Å². The summed E-state index contributed by atoms with van der Waals surface area (Å²) < 4.78 is 15.6. The van der Waals surface area contributed by atoms with Crippen LogP contribution in [0.5, 0.6) is 0 Å². The van der Waals surface area contributed by atoms with Crippen LogP contribution in [0.15, 0.2) is 30.6 Å². The van der Waals surface area contributed by atoms with Gasteiger partial charge < -0.3 is 10.2 Å². The summed E-state index contributed by atoms with van der Waals surface area (Å²) in [7, 11) is 3.60. The van der Waals surface area contributed by atoms with Crippen molar-refractivity contribution in [2.45, 2.75) is 12.6 Å². The molecule has 1 aliphatic rings. The molecule has 1 amide bonds. The highest BCUT2D eigenvalue weighted by molar-refractivity contribution is 6.31. The summed E-state index contributed by atoms with van der Waals surface area (Å²) in [6, 6.07) is 4.32. The molecule has 2 heterocycles. The van der Waals surface area contributed by atoms with Crippen LogP contribution in [-0.2, 0) is 18.4 Å². The van der Waals surface area contributed by atoms with Crippen molar-refractivity contribution in [1.29, 1.82) is 0 Å². The molecular weight excluding hydrogens is 428 g/mol. The fraction of sp³-hybridized carbons (Fsp3) is 0.444. The maximum Gasteiger partial charge on any atom is 0.244 e. The van der Waals surface area contributed by atoms with Crippen LogP contribution in [0.2, 0.25) is 5.02 Å². The predicted molar refractivity (Wildman–Crippen MR) is 113 cm³/mol. The molecule has 1 N–H and O–H groups in total. The zero-order valence-corrected chi connectivity index (χ0v) is 18.2. The number of amides is 1. The Balaban J connectivity index is 0.00000196. The van der Waals surface area contributed by atoms with E-state index in [1.165, 1.54) is 6.07 Å². The van der Waals surface area contributed by atoms with Crippen LogP contribution in [0.4, 0.5) is 4.39 Å². The average molecular weight is 453 g/mol. The summed E-state index contributed by atoms with van der Waals surface area (Å²) in [6.07, 6.45) is 3.55. The second-order valence-electron chi connectivity index (χ2n) is 6.47. The Bertz CT molecular complexity index is 760. The molecule has 3 rings (SSSR count). The molecule has 1 atom stereocenters. The quantitative estimate of drug-likeness (QED) is 0.758. The number of hydrogen-bond acceptors (Lipinski definition) is 4. The molecule has 1 unspecified atom stereocenters. The van der Waals surface area contributed by atoms with Gasteiger partial charge in [0.05, 0.1) is 6.20 Å². The van der Waals surface area contributed by atoms with Crippen molar-refractivity contribution in [3.63, 3.8) is 0 Å². The zero-order chi connectivity index (χ0) is 18.7. The van der Waals surface area contributed by atoms with Crippen molar-refractivity contribution in [1.82, 2.24) is 24.9 Å². The summed E-state index contributed by atoms with van der Waals surface area (Å²) in [4.78, 5) is 16.8. The van der Waals surface area contributed by atoms with Crippen LogP contribution in [0.1, 0.15) is 17.2 Å². The lowest BCUT2D eigenvalue weighted by molar-refractivity contribution is -0.135. The molecule has 1 aromatic carbocycles. The second kappa shape index (κ2) is 11.0. The number of halogens is 4. The molecule has 2 aromatic rings. The van der Waals surface area contributed by atoms with Crippen molar-refractivity contribution in [2.75, 3.05) is 33.2 Å². The average Bonchev–Trinajstić information content (AvgIpc) is 3.05. The van der Waals surface area contributed by atoms with E-state index in [0.29, 0.717) is 43.3 Å². The number of likely N-dealkylation sites (N-methyl/N-ethyl adjacent to an activating group) is 1. The van der Waals surface area contributed by atoms with Gasteiger partial charge in [0.15, 0.2) is 0 Å². The maximum absolute atomic E-state index is 14.0. The summed E-state index contributed by atoms with van der Waals surface area (Å²) in [5.74, 6) is -0.257. The minimum Gasteiger partial charge on any atom is -0.338 e. The molecule has 0 aliphatic carbocycles. The minimum absolute atomic E-state index is 0. The highest BCUT2D eigenvalue weighted by Crippen LogP contribution is 2.22. The molecule has 10 heteroatoms.